The highest BCUT2D eigenvalue weighted by Crippen LogP contribution is 2.29. The first-order valence-corrected chi connectivity index (χ1v) is 10.2. The van der Waals surface area contributed by atoms with Gasteiger partial charge in [-0.3, -0.25) is 4.79 Å². The van der Waals surface area contributed by atoms with Crippen LogP contribution in [-0.4, -0.2) is 71.9 Å². The molecule has 3 rings (SSSR count). The number of benzene rings is 1. The summed E-state index contributed by atoms with van der Waals surface area (Å²) in [5, 5.41) is 0. The largest absolute Gasteiger partial charge is 0.340 e. The van der Waals surface area contributed by atoms with Crippen LogP contribution in [-0.2, 0) is 4.79 Å². The zero-order valence-corrected chi connectivity index (χ0v) is 16.5. The minimum absolute atomic E-state index is 0.00692. The first-order chi connectivity index (χ1) is 13.0. The van der Waals surface area contributed by atoms with Gasteiger partial charge in [0.25, 0.3) is 0 Å². The maximum atomic E-state index is 13.0. The quantitative estimate of drug-likeness (QED) is 0.880. The fraction of sp³-hybridized carbons (Fsp3) is 0.619. The number of hydrogen-bond donors (Lipinski definition) is 1. The number of hydrogen-bond acceptors (Lipinski definition) is 3. The van der Waals surface area contributed by atoms with Crippen LogP contribution in [0.25, 0.3) is 0 Å². The van der Waals surface area contributed by atoms with E-state index in [0.717, 1.165) is 25.9 Å². The third-order valence-electron chi connectivity index (χ3n) is 6.05. The van der Waals surface area contributed by atoms with E-state index in [2.05, 4.69) is 12.1 Å². The molecule has 0 aliphatic carbocycles. The Balaban J connectivity index is 1.55. The Bertz CT molecular complexity index is 639. The number of carbonyl (C=O) groups excluding carboxylic acids is 2. The molecule has 2 fully saturated rings. The maximum absolute atomic E-state index is 13.0. The molecule has 2 aliphatic rings. The van der Waals surface area contributed by atoms with Crippen LogP contribution >= 0.6 is 0 Å². The maximum Gasteiger partial charge on any atom is 0.319 e. The molecular weight excluding hydrogens is 340 g/mol. The Morgan fingerprint density at radius 1 is 1.04 bits per heavy atom. The van der Waals surface area contributed by atoms with Gasteiger partial charge in [-0.05, 0) is 32.3 Å². The lowest BCUT2D eigenvalue weighted by atomic mass is 9.94. The van der Waals surface area contributed by atoms with Crippen LogP contribution in [0.1, 0.15) is 38.2 Å². The summed E-state index contributed by atoms with van der Waals surface area (Å²) in [6, 6.07) is 10.3. The van der Waals surface area contributed by atoms with E-state index in [1.807, 2.05) is 46.7 Å². The van der Waals surface area contributed by atoms with Crippen LogP contribution in [0.5, 0.6) is 0 Å². The van der Waals surface area contributed by atoms with Crippen molar-refractivity contribution in [1.29, 1.82) is 0 Å². The number of likely N-dealkylation sites (tertiary alicyclic amines) is 2. The van der Waals surface area contributed by atoms with Crippen molar-refractivity contribution >= 4 is 11.9 Å². The molecule has 2 aliphatic heterocycles. The molecular formula is C21H32N4O2. The van der Waals surface area contributed by atoms with Crippen molar-refractivity contribution in [3.63, 3.8) is 0 Å². The number of amides is 3. The molecule has 27 heavy (non-hydrogen) atoms. The summed E-state index contributed by atoms with van der Waals surface area (Å²) in [6.07, 6.45) is 1.49. The van der Waals surface area contributed by atoms with Gasteiger partial charge in [0.05, 0.1) is 0 Å². The van der Waals surface area contributed by atoms with Gasteiger partial charge in [0, 0.05) is 57.1 Å². The monoisotopic (exact) mass is 372 g/mol. The molecule has 2 saturated heterocycles. The Kier molecular flexibility index (Phi) is 6.37. The van der Waals surface area contributed by atoms with Gasteiger partial charge in [0.15, 0.2) is 0 Å². The summed E-state index contributed by atoms with van der Waals surface area (Å²) in [4.78, 5) is 31.1. The Morgan fingerprint density at radius 2 is 1.67 bits per heavy atom. The van der Waals surface area contributed by atoms with Gasteiger partial charge in [0.1, 0.15) is 0 Å². The highest BCUT2D eigenvalue weighted by Gasteiger charge is 2.38. The average molecular weight is 373 g/mol. The SMILES string of the molecule is CCN(CC)C(=O)N1CCC(C(=O)N2C[C@@H](N)[C@H](c3ccccc3)C2)CC1. The summed E-state index contributed by atoms with van der Waals surface area (Å²) in [7, 11) is 0. The molecule has 2 heterocycles. The van der Waals surface area contributed by atoms with Gasteiger partial charge in [-0.1, -0.05) is 30.3 Å². The van der Waals surface area contributed by atoms with Crippen LogP contribution in [0.4, 0.5) is 4.79 Å². The van der Waals surface area contributed by atoms with Crippen LogP contribution < -0.4 is 5.73 Å². The van der Waals surface area contributed by atoms with Gasteiger partial charge in [-0.25, -0.2) is 4.79 Å². The molecule has 0 bridgehead atoms. The van der Waals surface area contributed by atoms with Crippen molar-refractivity contribution in [2.24, 2.45) is 11.7 Å². The summed E-state index contributed by atoms with van der Waals surface area (Å²) in [5.74, 6) is 0.422. The molecule has 0 saturated carbocycles. The highest BCUT2D eigenvalue weighted by molar-refractivity contribution is 5.80. The lowest BCUT2D eigenvalue weighted by molar-refractivity contribution is -0.135. The topological polar surface area (TPSA) is 69.9 Å². The second-order valence-electron chi connectivity index (χ2n) is 7.64. The molecule has 1 aromatic carbocycles. The normalized spacial score (nSPS) is 23.5. The van der Waals surface area contributed by atoms with E-state index in [-0.39, 0.29) is 29.8 Å². The van der Waals surface area contributed by atoms with E-state index in [4.69, 9.17) is 5.73 Å². The van der Waals surface area contributed by atoms with E-state index in [9.17, 15) is 9.59 Å². The van der Waals surface area contributed by atoms with E-state index >= 15 is 0 Å². The smallest absolute Gasteiger partial charge is 0.319 e. The summed E-state index contributed by atoms with van der Waals surface area (Å²) in [6.45, 7) is 8.08. The summed E-state index contributed by atoms with van der Waals surface area (Å²) in [5.41, 5.74) is 7.55. The van der Waals surface area contributed by atoms with Gasteiger partial charge in [-0.15, -0.1) is 0 Å². The van der Waals surface area contributed by atoms with Crippen LogP contribution in [0.2, 0.25) is 0 Å². The molecule has 0 unspecified atom stereocenters. The fourth-order valence-corrected chi connectivity index (χ4v) is 4.33. The van der Waals surface area contributed by atoms with Crippen LogP contribution in [0, 0.1) is 5.92 Å². The van der Waals surface area contributed by atoms with Gasteiger partial charge >= 0.3 is 6.03 Å². The van der Waals surface area contributed by atoms with Crippen molar-refractivity contribution in [3.8, 4) is 0 Å². The van der Waals surface area contributed by atoms with Crippen molar-refractivity contribution in [3.05, 3.63) is 35.9 Å². The molecule has 0 spiro atoms. The predicted molar refractivity (Wildman–Crippen MR) is 106 cm³/mol. The third kappa shape index (κ3) is 4.26. The second-order valence-corrected chi connectivity index (χ2v) is 7.64. The average Bonchev–Trinajstić information content (AvgIpc) is 3.10. The zero-order chi connectivity index (χ0) is 19.4. The zero-order valence-electron chi connectivity index (χ0n) is 16.5. The van der Waals surface area contributed by atoms with Gasteiger partial charge < -0.3 is 20.4 Å². The molecule has 0 radical (unpaired) electrons. The van der Waals surface area contributed by atoms with E-state index < -0.39 is 0 Å². The number of piperidine rings is 1. The molecule has 6 heteroatoms. The Morgan fingerprint density at radius 3 is 2.26 bits per heavy atom. The number of nitrogens with two attached hydrogens (primary N) is 1. The Labute approximate surface area is 162 Å². The molecule has 2 atom stereocenters. The van der Waals surface area contributed by atoms with Crippen molar-refractivity contribution < 1.29 is 9.59 Å². The molecule has 0 aromatic heterocycles. The first-order valence-electron chi connectivity index (χ1n) is 10.2. The number of urea groups is 1. The molecule has 1 aromatic rings. The molecule has 2 N–H and O–H groups in total. The standard InChI is InChI=1S/C21H32N4O2/c1-3-23(4-2)21(27)24-12-10-17(11-13-24)20(26)25-14-18(19(22)15-25)16-8-6-5-7-9-16/h5-9,17-19H,3-4,10-15,22H2,1-2H3/t18-,19+/m0/s1. The number of carbonyl (C=O) groups is 2. The van der Waals surface area contributed by atoms with E-state index in [1.165, 1.54) is 5.56 Å². The second kappa shape index (κ2) is 8.74. The minimum Gasteiger partial charge on any atom is -0.340 e. The predicted octanol–water partition coefficient (Wildman–Crippen LogP) is 2.11. The van der Waals surface area contributed by atoms with Crippen molar-refractivity contribution in [2.45, 2.75) is 38.6 Å². The third-order valence-corrected chi connectivity index (χ3v) is 6.05. The minimum atomic E-state index is -0.0133. The Hall–Kier alpha value is -2.08. The lowest BCUT2D eigenvalue weighted by Crippen LogP contribution is -2.48. The van der Waals surface area contributed by atoms with Crippen molar-refractivity contribution in [2.75, 3.05) is 39.3 Å². The summed E-state index contributed by atoms with van der Waals surface area (Å²) >= 11 is 0. The molecule has 148 valence electrons. The fourth-order valence-electron chi connectivity index (χ4n) is 4.33. The van der Waals surface area contributed by atoms with Gasteiger partial charge in [0.2, 0.25) is 5.91 Å². The number of rotatable bonds is 4. The lowest BCUT2D eigenvalue weighted by Gasteiger charge is -2.35. The molecule has 3 amide bonds. The molecule has 6 nitrogen and oxygen atoms in total. The number of nitrogens with zero attached hydrogens (tertiary/aromatic N) is 3. The van der Waals surface area contributed by atoms with Crippen molar-refractivity contribution in [1.82, 2.24) is 14.7 Å². The van der Waals surface area contributed by atoms with E-state index in [1.54, 1.807) is 0 Å². The van der Waals surface area contributed by atoms with Crippen LogP contribution in [0.15, 0.2) is 30.3 Å². The van der Waals surface area contributed by atoms with E-state index in [0.29, 0.717) is 26.2 Å². The first kappa shape index (κ1) is 19.7. The summed E-state index contributed by atoms with van der Waals surface area (Å²) < 4.78 is 0. The van der Waals surface area contributed by atoms with Crippen LogP contribution in [0.3, 0.4) is 0 Å². The van der Waals surface area contributed by atoms with Gasteiger partial charge in [-0.2, -0.15) is 0 Å². The highest BCUT2D eigenvalue weighted by atomic mass is 16.2.